The summed E-state index contributed by atoms with van der Waals surface area (Å²) in [5.41, 5.74) is 0.212. The van der Waals surface area contributed by atoms with Crippen molar-refractivity contribution in [1.29, 1.82) is 0 Å². The van der Waals surface area contributed by atoms with Gasteiger partial charge < -0.3 is 9.32 Å². The highest BCUT2D eigenvalue weighted by Gasteiger charge is 2.58. The van der Waals surface area contributed by atoms with Crippen LogP contribution in [0.2, 0.25) is 0 Å². The second-order valence-electron chi connectivity index (χ2n) is 9.62. The molecule has 2 aliphatic heterocycles. The van der Waals surface area contributed by atoms with Gasteiger partial charge in [-0.25, -0.2) is 17.7 Å². The van der Waals surface area contributed by atoms with Gasteiger partial charge in [-0.2, -0.15) is 0 Å². The maximum atomic E-state index is 13.4. The molecule has 10 heteroatoms. The molecule has 9 nitrogen and oxygen atoms in total. The van der Waals surface area contributed by atoms with Crippen molar-refractivity contribution >= 4 is 21.8 Å². The lowest BCUT2D eigenvalue weighted by molar-refractivity contribution is -0.129. The summed E-state index contributed by atoms with van der Waals surface area (Å²) in [6, 6.07) is -1.00. The number of unbranched alkanes of at least 4 members (excludes halogenated alkanes) is 2. The van der Waals surface area contributed by atoms with Gasteiger partial charge in [-0.1, -0.05) is 40.5 Å². The predicted molar refractivity (Wildman–Crippen MR) is 125 cm³/mol. The van der Waals surface area contributed by atoms with E-state index in [1.54, 1.807) is 4.90 Å². The van der Waals surface area contributed by atoms with Crippen LogP contribution in [-0.4, -0.2) is 77.3 Å². The van der Waals surface area contributed by atoms with E-state index in [0.29, 0.717) is 25.4 Å². The molecule has 0 radical (unpaired) electrons. The van der Waals surface area contributed by atoms with Gasteiger partial charge in [-0.15, -0.1) is 0 Å². The first kappa shape index (κ1) is 25.7. The summed E-state index contributed by atoms with van der Waals surface area (Å²) in [5, 5.41) is 0. The first-order chi connectivity index (χ1) is 15.6. The van der Waals surface area contributed by atoms with E-state index in [-0.39, 0.29) is 17.5 Å². The SMILES string of the molecule is CCCCN(CCCC)Cc1nc(C(=O)N2CC[C@H]3[C@H]2[C@@H](C(C)C)C(=O)N3S(C)(=O)=O)co1. The fraction of sp³-hybridized carbons (Fsp3) is 0.783. The first-order valence-corrected chi connectivity index (χ1v) is 14.0. The van der Waals surface area contributed by atoms with Gasteiger partial charge in [-0.3, -0.25) is 14.5 Å². The molecule has 0 N–H and O–H groups in total. The Morgan fingerprint density at radius 2 is 1.88 bits per heavy atom. The standard InChI is InChI=1S/C23H38N4O5S/c1-6-8-11-25(12-9-7-2)14-19-24-17(15-32-19)22(28)26-13-10-18-21(26)20(16(3)4)23(29)27(18)33(5,30)31/h15-16,18,20-21H,6-14H2,1-5H3/t18-,20+,21-/m0/s1. The molecule has 0 bridgehead atoms. The smallest absolute Gasteiger partial charge is 0.276 e. The summed E-state index contributed by atoms with van der Waals surface area (Å²) >= 11 is 0. The van der Waals surface area contributed by atoms with Crippen LogP contribution in [0.3, 0.4) is 0 Å². The molecule has 0 spiro atoms. The van der Waals surface area contributed by atoms with E-state index >= 15 is 0 Å². The van der Waals surface area contributed by atoms with Crippen LogP contribution in [0.5, 0.6) is 0 Å². The maximum Gasteiger partial charge on any atom is 0.276 e. The number of rotatable bonds is 11. The molecule has 3 rings (SSSR count). The van der Waals surface area contributed by atoms with Crippen LogP contribution in [0.4, 0.5) is 0 Å². The number of carbonyl (C=O) groups is 2. The minimum atomic E-state index is -3.70. The molecular formula is C23H38N4O5S. The van der Waals surface area contributed by atoms with Crippen molar-refractivity contribution < 1.29 is 22.4 Å². The fourth-order valence-electron chi connectivity index (χ4n) is 5.12. The maximum absolute atomic E-state index is 13.4. The molecule has 0 saturated carbocycles. The largest absolute Gasteiger partial charge is 0.447 e. The van der Waals surface area contributed by atoms with Crippen LogP contribution >= 0.6 is 0 Å². The molecule has 0 unspecified atom stereocenters. The molecule has 0 aromatic carbocycles. The normalized spacial score (nSPS) is 23.2. The average molecular weight is 483 g/mol. The molecule has 2 amide bonds. The van der Waals surface area contributed by atoms with Gasteiger partial charge in [0.25, 0.3) is 5.91 Å². The van der Waals surface area contributed by atoms with E-state index in [9.17, 15) is 18.0 Å². The van der Waals surface area contributed by atoms with Crippen LogP contribution in [0, 0.1) is 11.8 Å². The molecule has 3 atom stereocenters. The van der Waals surface area contributed by atoms with Crippen molar-refractivity contribution in [3.63, 3.8) is 0 Å². The number of nitrogens with zero attached hydrogens (tertiary/aromatic N) is 4. The monoisotopic (exact) mass is 482 g/mol. The molecule has 1 aromatic heterocycles. The van der Waals surface area contributed by atoms with E-state index in [4.69, 9.17) is 4.42 Å². The Balaban J connectivity index is 1.78. The number of amides is 2. The zero-order valence-electron chi connectivity index (χ0n) is 20.5. The second-order valence-corrected chi connectivity index (χ2v) is 11.5. The Morgan fingerprint density at radius 3 is 2.42 bits per heavy atom. The summed E-state index contributed by atoms with van der Waals surface area (Å²) in [7, 11) is -3.70. The highest BCUT2D eigenvalue weighted by atomic mass is 32.2. The Bertz CT molecular complexity index is 936. The van der Waals surface area contributed by atoms with Crippen LogP contribution in [-0.2, 0) is 21.4 Å². The lowest BCUT2D eigenvalue weighted by Crippen LogP contribution is -2.44. The predicted octanol–water partition coefficient (Wildman–Crippen LogP) is 2.73. The Labute approximate surface area is 197 Å². The third kappa shape index (κ3) is 5.42. The van der Waals surface area contributed by atoms with E-state index < -0.39 is 33.9 Å². The summed E-state index contributed by atoms with van der Waals surface area (Å²) in [5.74, 6) is -0.866. The highest BCUT2D eigenvalue weighted by molar-refractivity contribution is 7.88. The Morgan fingerprint density at radius 1 is 1.24 bits per heavy atom. The number of hydrogen-bond acceptors (Lipinski definition) is 7. The number of likely N-dealkylation sites (tertiary alicyclic amines) is 1. The van der Waals surface area contributed by atoms with Crippen molar-refractivity contribution in [2.24, 2.45) is 11.8 Å². The molecule has 3 heterocycles. The zero-order chi connectivity index (χ0) is 24.3. The van der Waals surface area contributed by atoms with Crippen molar-refractivity contribution in [3.8, 4) is 0 Å². The minimum Gasteiger partial charge on any atom is -0.447 e. The van der Waals surface area contributed by atoms with Crippen LogP contribution < -0.4 is 0 Å². The van der Waals surface area contributed by atoms with Gasteiger partial charge >= 0.3 is 0 Å². The number of hydrogen-bond donors (Lipinski definition) is 0. The zero-order valence-corrected chi connectivity index (χ0v) is 21.3. The Hall–Kier alpha value is -1.94. The van der Waals surface area contributed by atoms with Crippen LogP contribution in [0.25, 0.3) is 0 Å². The van der Waals surface area contributed by atoms with Gasteiger partial charge in [0.2, 0.25) is 21.8 Å². The molecule has 0 aliphatic carbocycles. The summed E-state index contributed by atoms with van der Waals surface area (Å²) in [6.07, 6.45) is 7.28. The summed E-state index contributed by atoms with van der Waals surface area (Å²) in [6.45, 7) is 10.9. The van der Waals surface area contributed by atoms with E-state index in [1.165, 1.54) is 6.26 Å². The third-order valence-corrected chi connectivity index (χ3v) is 7.88. The van der Waals surface area contributed by atoms with Crippen LogP contribution in [0.15, 0.2) is 10.7 Å². The van der Waals surface area contributed by atoms with Crippen molar-refractivity contribution in [2.45, 2.75) is 78.4 Å². The topological polar surface area (TPSA) is 104 Å². The van der Waals surface area contributed by atoms with Gasteiger partial charge in [0.1, 0.15) is 6.26 Å². The summed E-state index contributed by atoms with van der Waals surface area (Å²) in [4.78, 5) is 34.7. The van der Waals surface area contributed by atoms with Gasteiger partial charge in [0, 0.05) is 6.54 Å². The van der Waals surface area contributed by atoms with Gasteiger partial charge in [-0.05, 0) is 38.3 Å². The lowest BCUT2D eigenvalue weighted by atomic mass is 9.88. The van der Waals surface area contributed by atoms with Crippen molar-refractivity contribution in [2.75, 3.05) is 25.9 Å². The molecule has 186 valence electrons. The van der Waals surface area contributed by atoms with Gasteiger partial charge in [0.15, 0.2) is 5.69 Å². The van der Waals surface area contributed by atoms with Crippen molar-refractivity contribution in [3.05, 3.63) is 17.8 Å². The number of sulfonamides is 1. The second kappa shape index (κ2) is 10.5. The quantitative estimate of drug-likeness (QED) is 0.478. The van der Waals surface area contributed by atoms with Crippen LogP contribution in [0.1, 0.15) is 76.2 Å². The van der Waals surface area contributed by atoms with Gasteiger partial charge in [0.05, 0.1) is 30.8 Å². The number of fused-ring (bicyclic) bond motifs is 1. The molecular weight excluding hydrogens is 444 g/mol. The minimum absolute atomic E-state index is 0.0938. The number of oxazole rings is 1. The molecule has 2 saturated heterocycles. The Kier molecular flexibility index (Phi) is 8.21. The first-order valence-electron chi connectivity index (χ1n) is 12.1. The van der Waals surface area contributed by atoms with E-state index in [1.807, 2.05) is 13.8 Å². The molecule has 33 heavy (non-hydrogen) atoms. The van der Waals surface area contributed by atoms with E-state index in [2.05, 4.69) is 23.7 Å². The summed E-state index contributed by atoms with van der Waals surface area (Å²) < 4.78 is 31.3. The fourth-order valence-corrected chi connectivity index (χ4v) is 6.29. The molecule has 2 fully saturated rings. The highest BCUT2D eigenvalue weighted by Crippen LogP contribution is 2.41. The van der Waals surface area contributed by atoms with E-state index in [0.717, 1.165) is 49.3 Å². The lowest BCUT2D eigenvalue weighted by Gasteiger charge is -2.28. The third-order valence-electron chi connectivity index (χ3n) is 6.71. The number of carbonyl (C=O) groups excluding carboxylic acids is 2. The molecule has 2 aliphatic rings. The number of aromatic nitrogens is 1. The average Bonchev–Trinajstić information content (AvgIpc) is 3.42. The van der Waals surface area contributed by atoms with Crippen molar-refractivity contribution in [1.82, 2.24) is 19.1 Å². The molecule has 1 aromatic rings.